The third kappa shape index (κ3) is 2.51. The van der Waals surface area contributed by atoms with Crippen molar-refractivity contribution in [2.24, 2.45) is 0 Å². The number of nitrogens with two attached hydrogens (primary N) is 1. The van der Waals surface area contributed by atoms with E-state index in [1.165, 1.54) is 26.4 Å². The molecule has 1 aliphatic rings. The van der Waals surface area contributed by atoms with Gasteiger partial charge in [-0.2, -0.15) is 0 Å². The molecule has 0 bridgehead atoms. The van der Waals surface area contributed by atoms with Gasteiger partial charge in [0.15, 0.2) is 5.69 Å². The minimum Gasteiger partial charge on any atom is -0.464 e. The summed E-state index contributed by atoms with van der Waals surface area (Å²) < 4.78 is 4.81. The Balaban J connectivity index is 2.19. The van der Waals surface area contributed by atoms with Gasteiger partial charge in [0.1, 0.15) is 0 Å². The van der Waals surface area contributed by atoms with Crippen LogP contribution in [0.5, 0.6) is 0 Å². The molecular formula is C16H19N3O2. The summed E-state index contributed by atoms with van der Waals surface area (Å²) in [5, 5.41) is 0.990. The van der Waals surface area contributed by atoms with Crippen LogP contribution in [0.25, 0.3) is 10.9 Å². The first kappa shape index (κ1) is 13.7. The van der Waals surface area contributed by atoms with Crippen LogP contribution in [0.3, 0.4) is 0 Å². The number of hydrogen-bond donors (Lipinski definition) is 1. The number of nitrogen functional groups attached to an aromatic ring is 1. The Kier molecular flexibility index (Phi) is 3.64. The second-order valence-corrected chi connectivity index (χ2v) is 5.31. The summed E-state index contributed by atoms with van der Waals surface area (Å²) >= 11 is 0. The molecule has 0 spiro atoms. The van der Waals surface area contributed by atoms with E-state index in [1.54, 1.807) is 6.07 Å². The van der Waals surface area contributed by atoms with Gasteiger partial charge >= 0.3 is 5.97 Å². The quantitative estimate of drug-likeness (QED) is 0.678. The molecule has 2 N–H and O–H groups in total. The molecule has 1 aromatic carbocycles. The summed E-state index contributed by atoms with van der Waals surface area (Å²) in [5.41, 5.74) is 8.61. The fourth-order valence-corrected chi connectivity index (χ4v) is 2.86. The summed E-state index contributed by atoms with van der Waals surface area (Å²) in [4.78, 5) is 18.5. The highest BCUT2D eigenvalue weighted by Crippen LogP contribution is 2.31. The van der Waals surface area contributed by atoms with E-state index in [2.05, 4.69) is 9.88 Å². The number of benzene rings is 1. The zero-order chi connectivity index (χ0) is 14.8. The molecule has 0 radical (unpaired) electrons. The van der Waals surface area contributed by atoms with Crippen LogP contribution >= 0.6 is 0 Å². The summed E-state index contributed by atoms with van der Waals surface area (Å²) in [6, 6.07) is 7.55. The molecule has 0 aliphatic carbocycles. The molecule has 0 amide bonds. The van der Waals surface area contributed by atoms with E-state index in [0.29, 0.717) is 16.9 Å². The molecular weight excluding hydrogens is 266 g/mol. The van der Waals surface area contributed by atoms with Crippen molar-refractivity contribution < 1.29 is 9.53 Å². The minimum atomic E-state index is -0.432. The number of methoxy groups -OCH3 is 1. The number of carbonyl (C=O) groups is 1. The zero-order valence-corrected chi connectivity index (χ0v) is 12.1. The smallest absolute Gasteiger partial charge is 0.356 e. The Morgan fingerprint density at radius 1 is 1.29 bits per heavy atom. The summed E-state index contributed by atoms with van der Waals surface area (Å²) in [6.07, 6.45) is 3.59. The summed E-state index contributed by atoms with van der Waals surface area (Å²) in [6.45, 7) is 1.99. The minimum absolute atomic E-state index is 0.309. The Labute approximate surface area is 123 Å². The predicted molar refractivity (Wildman–Crippen MR) is 83.6 cm³/mol. The zero-order valence-electron chi connectivity index (χ0n) is 12.1. The number of hydrogen-bond acceptors (Lipinski definition) is 5. The number of piperidine rings is 1. The lowest BCUT2D eigenvalue weighted by Crippen LogP contribution is -2.30. The lowest BCUT2D eigenvalue weighted by Gasteiger charge is -2.30. The Morgan fingerprint density at radius 2 is 2.05 bits per heavy atom. The van der Waals surface area contributed by atoms with Crippen molar-refractivity contribution in [2.75, 3.05) is 30.8 Å². The van der Waals surface area contributed by atoms with Gasteiger partial charge in [0.05, 0.1) is 18.3 Å². The van der Waals surface area contributed by atoms with Crippen LogP contribution in [0.2, 0.25) is 0 Å². The van der Waals surface area contributed by atoms with E-state index < -0.39 is 5.97 Å². The molecule has 5 heteroatoms. The maximum Gasteiger partial charge on any atom is 0.356 e. The van der Waals surface area contributed by atoms with Crippen molar-refractivity contribution in [3.05, 3.63) is 30.0 Å². The molecule has 1 aromatic heterocycles. The Bertz CT molecular complexity index is 679. The number of para-hydroxylation sites is 1. The van der Waals surface area contributed by atoms with Gasteiger partial charge in [0, 0.05) is 24.2 Å². The highest BCUT2D eigenvalue weighted by Gasteiger charge is 2.19. The van der Waals surface area contributed by atoms with E-state index in [-0.39, 0.29) is 0 Å². The average Bonchev–Trinajstić information content (AvgIpc) is 2.54. The van der Waals surface area contributed by atoms with Crippen molar-refractivity contribution in [3.63, 3.8) is 0 Å². The van der Waals surface area contributed by atoms with E-state index in [1.807, 2.05) is 18.2 Å². The lowest BCUT2D eigenvalue weighted by atomic mass is 10.1. The average molecular weight is 285 g/mol. The van der Waals surface area contributed by atoms with Crippen molar-refractivity contribution in [2.45, 2.75) is 19.3 Å². The van der Waals surface area contributed by atoms with E-state index >= 15 is 0 Å². The van der Waals surface area contributed by atoms with Crippen molar-refractivity contribution in [1.29, 1.82) is 0 Å². The maximum atomic E-state index is 11.9. The van der Waals surface area contributed by atoms with E-state index in [0.717, 1.165) is 24.2 Å². The van der Waals surface area contributed by atoms with Crippen molar-refractivity contribution in [1.82, 2.24) is 4.98 Å². The molecule has 0 atom stereocenters. The van der Waals surface area contributed by atoms with Gasteiger partial charge in [-0.3, -0.25) is 0 Å². The van der Waals surface area contributed by atoms with E-state index in [4.69, 9.17) is 10.5 Å². The first-order valence-electron chi connectivity index (χ1n) is 7.23. The van der Waals surface area contributed by atoms with Crippen LogP contribution < -0.4 is 10.6 Å². The van der Waals surface area contributed by atoms with Crippen LogP contribution in [0.1, 0.15) is 29.8 Å². The number of aromatic nitrogens is 1. The first-order chi connectivity index (χ1) is 10.2. The van der Waals surface area contributed by atoms with Crippen LogP contribution in [0.4, 0.5) is 11.4 Å². The Morgan fingerprint density at radius 3 is 2.76 bits per heavy atom. The molecule has 0 unspecified atom stereocenters. The van der Waals surface area contributed by atoms with Crippen LogP contribution in [0.15, 0.2) is 24.3 Å². The highest BCUT2D eigenvalue weighted by molar-refractivity contribution is 6.02. The molecule has 0 saturated carbocycles. The number of nitrogens with zero attached hydrogens (tertiary/aromatic N) is 2. The molecule has 2 aromatic rings. The second kappa shape index (κ2) is 5.60. The van der Waals surface area contributed by atoms with Crippen LogP contribution in [-0.4, -0.2) is 31.2 Å². The third-order valence-corrected chi connectivity index (χ3v) is 3.94. The Hall–Kier alpha value is -2.30. The number of rotatable bonds is 2. The number of anilines is 2. The normalized spacial score (nSPS) is 15.2. The standard InChI is InChI=1S/C16H19N3O2/c1-21-16(20)13-10-14(19-8-3-2-4-9-19)11-6-5-7-12(17)15(11)18-13/h5-7,10H,2-4,8-9,17H2,1H3. The number of ether oxygens (including phenoxy) is 1. The van der Waals surface area contributed by atoms with Gasteiger partial charge in [-0.1, -0.05) is 12.1 Å². The summed E-state index contributed by atoms with van der Waals surface area (Å²) in [7, 11) is 1.36. The van der Waals surface area contributed by atoms with Gasteiger partial charge in [0.25, 0.3) is 0 Å². The molecule has 21 heavy (non-hydrogen) atoms. The molecule has 110 valence electrons. The molecule has 2 heterocycles. The van der Waals surface area contributed by atoms with Crippen LogP contribution in [-0.2, 0) is 4.74 Å². The number of carbonyl (C=O) groups excluding carboxylic acids is 1. The monoisotopic (exact) mass is 285 g/mol. The topological polar surface area (TPSA) is 68.5 Å². The lowest BCUT2D eigenvalue weighted by molar-refractivity contribution is 0.0594. The van der Waals surface area contributed by atoms with Gasteiger partial charge < -0.3 is 15.4 Å². The fourth-order valence-electron chi connectivity index (χ4n) is 2.86. The van der Waals surface area contributed by atoms with Gasteiger partial charge in [-0.25, -0.2) is 9.78 Å². The SMILES string of the molecule is COC(=O)c1cc(N2CCCCC2)c2cccc(N)c2n1. The molecule has 1 aliphatic heterocycles. The van der Waals surface area contributed by atoms with Crippen LogP contribution in [0, 0.1) is 0 Å². The highest BCUT2D eigenvalue weighted by atomic mass is 16.5. The van der Waals surface area contributed by atoms with Gasteiger partial charge in [0.2, 0.25) is 0 Å². The number of pyridine rings is 1. The third-order valence-electron chi connectivity index (χ3n) is 3.94. The maximum absolute atomic E-state index is 11.9. The van der Waals surface area contributed by atoms with Gasteiger partial charge in [-0.05, 0) is 31.4 Å². The van der Waals surface area contributed by atoms with Crippen molar-refractivity contribution >= 4 is 28.2 Å². The first-order valence-corrected chi connectivity index (χ1v) is 7.23. The number of fused-ring (bicyclic) bond motifs is 1. The molecule has 3 rings (SSSR count). The predicted octanol–water partition coefficient (Wildman–Crippen LogP) is 2.59. The van der Waals surface area contributed by atoms with E-state index in [9.17, 15) is 4.79 Å². The van der Waals surface area contributed by atoms with Crippen molar-refractivity contribution in [3.8, 4) is 0 Å². The molecule has 1 saturated heterocycles. The largest absolute Gasteiger partial charge is 0.464 e. The second-order valence-electron chi connectivity index (χ2n) is 5.31. The fraction of sp³-hybridized carbons (Fsp3) is 0.375. The number of esters is 1. The summed E-state index contributed by atoms with van der Waals surface area (Å²) in [5.74, 6) is -0.432. The molecule has 1 fully saturated rings. The van der Waals surface area contributed by atoms with Gasteiger partial charge in [-0.15, -0.1) is 0 Å². The molecule has 5 nitrogen and oxygen atoms in total.